The maximum absolute atomic E-state index is 8.86. The maximum atomic E-state index is 8.86. The third-order valence-corrected chi connectivity index (χ3v) is 3.43. The van der Waals surface area contributed by atoms with Crippen molar-refractivity contribution in [2.24, 2.45) is 0 Å². The molecule has 0 spiro atoms. The number of unbranched alkanes of at least 4 members (excludes halogenated alkanes) is 5. The van der Waals surface area contributed by atoms with Gasteiger partial charge in [0.25, 0.3) is 0 Å². The molecule has 19 heavy (non-hydrogen) atoms. The van der Waals surface area contributed by atoms with Gasteiger partial charge in [-0.3, -0.25) is 0 Å². The summed E-state index contributed by atoms with van der Waals surface area (Å²) in [6.07, 6.45) is 8.79. The molecular weight excluding hydrogens is 234 g/mol. The molecular formula is C16H21N3. The van der Waals surface area contributed by atoms with E-state index in [1.807, 2.05) is 18.2 Å². The molecule has 1 aromatic carbocycles. The van der Waals surface area contributed by atoms with Crippen molar-refractivity contribution in [3.05, 3.63) is 29.6 Å². The van der Waals surface area contributed by atoms with E-state index in [-0.39, 0.29) is 0 Å². The van der Waals surface area contributed by atoms with Gasteiger partial charge in [-0.1, -0.05) is 39.0 Å². The molecule has 2 rings (SSSR count). The molecule has 1 N–H and O–H groups in total. The Labute approximate surface area is 114 Å². The van der Waals surface area contributed by atoms with Gasteiger partial charge in [-0.25, -0.2) is 4.98 Å². The maximum Gasteiger partial charge on any atom is 0.107 e. The van der Waals surface area contributed by atoms with Gasteiger partial charge in [0.1, 0.15) is 5.82 Å². The van der Waals surface area contributed by atoms with Crippen molar-refractivity contribution in [2.75, 3.05) is 0 Å². The van der Waals surface area contributed by atoms with Crippen LogP contribution in [0.15, 0.2) is 18.2 Å². The lowest BCUT2D eigenvalue weighted by Gasteiger charge is -1.98. The molecule has 3 heteroatoms. The van der Waals surface area contributed by atoms with E-state index in [1.165, 1.54) is 38.5 Å². The first-order valence-corrected chi connectivity index (χ1v) is 7.22. The number of nitriles is 1. The van der Waals surface area contributed by atoms with E-state index in [0.29, 0.717) is 5.56 Å². The third-order valence-electron chi connectivity index (χ3n) is 3.43. The fourth-order valence-corrected chi connectivity index (χ4v) is 2.32. The van der Waals surface area contributed by atoms with Crippen molar-refractivity contribution in [3.63, 3.8) is 0 Å². The van der Waals surface area contributed by atoms with Crippen molar-refractivity contribution in [1.29, 1.82) is 5.26 Å². The molecule has 0 aliphatic rings. The number of hydrogen-bond acceptors (Lipinski definition) is 2. The van der Waals surface area contributed by atoms with Crippen molar-refractivity contribution in [2.45, 2.75) is 51.9 Å². The summed E-state index contributed by atoms with van der Waals surface area (Å²) < 4.78 is 0. The highest BCUT2D eigenvalue weighted by molar-refractivity contribution is 5.76. The number of hydrogen-bond donors (Lipinski definition) is 1. The zero-order chi connectivity index (χ0) is 13.5. The van der Waals surface area contributed by atoms with Crippen LogP contribution in [0.2, 0.25) is 0 Å². The Balaban J connectivity index is 1.86. The monoisotopic (exact) mass is 255 g/mol. The first-order chi connectivity index (χ1) is 9.33. The number of H-pyrrole nitrogens is 1. The number of fused-ring (bicyclic) bond motifs is 1. The first-order valence-electron chi connectivity index (χ1n) is 7.22. The Kier molecular flexibility index (Phi) is 4.97. The van der Waals surface area contributed by atoms with Crippen LogP contribution in [0.5, 0.6) is 0 Å². The van der Waals surface area contributed by atoms with E-state index in [9.17, 15) is 0 Å². The van der Waals surface area contributed by atoms with Gasteiger partial charge in [-0.05, 0) is 24.6 Å². The molecule has 0 saturated carbocycles. The Morgan fingerprint density at radius 3 is 2.74 bits per heavy atom. The number of benzene rings is 1. The van der Waals surface area contributed by atoms with Crippen molar-refractivity contribution < 1.29 is 0 Å². The number of aromatic nitrogens is 2. The van der Waals surface area contributed by atoms with Gasteiger partial charge in [0, 0.05) is 6.42 Å². The standard InChI is InChI=1S/C16H21N3/c1-2-3-4-5-6-7-8-16-18-14-10-9-13(12-17)11-15(14)19-16/h9-11H,2-8H2,1H3,(H,18,19). The lowest BCUT2D eigenvalue weighted by Crippen LogP contribution is -1.88. The van der Waals surface area contributed by atoms with Crippen LogP contribution < -0.4 is 0 Å². The van der Waals surface area contributed by atoms with Gasteiger partial charge in [-0.15, -0.1) is 0 Å². The van der Waals surface area contributed by atoms with E-state index >= 15 is 0 Å². The average Bonchev–Trinajstić information content (AvgIpc) is 2.84. The van der Waals surface area contributed by atoms with E-state index in [4.69, 9.17) is 5.26 Å². The first kappa shape index (κ1) is 13.6. The molecule has 3 nitrogen and oxygen atoms in total. The molecule has 0 aliphatic carbocycles. The summed E-state index contributed by atoms with van der Waals surface area (Å²) in [6, 6.07) is 7.75. The fraction of sp³-hybridized carbons (Fsp3) is 0.500. The molecule has 2 aromatic rings. The van der Waals surface area contributed by atoms with Crippen molar-refractivity contribution in [1.82, 2.24) is 9.97 Å². The molecule has 0 atom stereocenters. The summed E-state index contributed by atoms with van der Waals surface area (Å²) in [7, 11) is 0. The molecule has 0 unspecified atom stereocenters. The summed E-state index contributed by atoms with van der Waals surface area (Å²) in [5.74, 6) is 1.04. The molecule has 0 fully saturated rings. The summed E-state index contributed by atoms with van der Waals surface area (Å²) in [5, 5.41) is 8.86. The molecule has 100 valence electrons. The molecule has 1 heterocycles. The SMILES string of the molecule is CCCCCCCCc1nc2ccc(C#N)cc2[nH]1. The third kappa shape index (κ3) is 3.82. The second kappa shape index (κ2) is 6.94. The Morgan fingerprint density at radius 2 is 1.95 bits per heavy atom. The summed E-state index contributed by atoms with van der Waals surface area (Å²) in [6.45, 7) is 2.24. The Bertz CT molecular complexity index is 563. The van der Waals surface area contributed by atoms with Gasteiger partial charge in [0.15, 0.2) is 0 Å². The predicted octanol–water partition coefficient (Wildman–Crippen LogP) is 4.34. The van der Waals surface area contributed by atoms with E-state index in [0.717, 1.165) is 23.3 Å². The molecule has 1 aromatic heterocycles. The van der Waals surface area contributed by atoms with Gasteiger partial charge >= 0.3 is 0 Å². The second-order valence-electron chi connectivity index (χ2n) is 5.04. The largest absolute Gasteiger partial charge is 0.342 e. The van der Waals surface area contributed by atoms with Crippen LogP contribution in [0.25, 0.3) is 11.0 Å². The Hall–Kier alpha value is -1.82. The lowest BCUT2D eigenvalue weighted by molar-refractivity contribution is 0.602. The highest BCUT2D eigenvalue weighted by Gasteiger charge is 2.03. The minimum Gasteiger partial charge on any atom is -0.342 e. The van der Waals surface area contributed by atoms with Crippen LogP contribution in [0.4, 0.5) is 0 Å². The van der Waals surface area contributed by atoms with Crippen molar-refractivity contribution >= 4 is 11.0 Å². The zero-order valence-electron chi connectivity index (χ0n) is 11.6. The van der Waals surface area contributed by atoms with Crippen LogP contribution in [0.1, 0.15) is 56.8 Å². The minimum atomic E-state index is 0.683. The lowest BCUT2D eigenvalue weighted by atomic mass is 10.1. The van der Waals surface area contributed by atoms with Gasteiger partial charge < -0.3 is 4.98 Å². The molecule has 0 radical (unpaired) electrons. The summed E-state index contributed by atoms with van der Waals surface area (Å²) in [5.41, 5.74) is 2.61. The summed E-state index contributed by atoms with van der Waals surface area (Å²) >= 11 is 0. The van der Waals surface area contributed by atoms with Gasteiger partial charge in [-0.2, -0.15) is 5.26 Å². The normalized spacial score (nSPS) is 10.7. The van der Waals surface area contributed by atoms with Crippen LogP contribution in [0, 0.1) is 11.3 Å². The highest BCUT2D eigenvalue weighted by Crippen LogP contribution is 2.15. The Morgan fingerprint density at radius 1 is 1.16 bits per heavy atom. The highest BCUT2D eigenvalue weighted by atomic mass is 14.9. The van der Waals surface area contributed by atoms with Gasteiger partial charge in [0.2, 0.25) is 0 Å². The summed E-state index contributed by atoms with van der Waals surface area (Å²) in [4.78, 5) is 7.87. The van der Waals surface area contributed by atoms with E-state index in [2.05, 4.69) is 23.0 Å². The number of imidazole rings is 1. The molecule has 0 saturated heterocycles. The van der Waals surface area contributed by atoms with Crippen LogP contribution >= 0.6 is 0 Å². The number of aromatic amines is 1. The van der Waals surface area contributed by atoms with Crippen molar-refractivity contribution in [3.8, 4) is 6.07 Å². The van der Waals surface area contributed by atoms with Crippen LogP contribution in [0.3, 0.4) is 0 Å². The van der Waals surface area contributed by atoms with Crippen LogP contribution in [-0.4, -0.2) is 9.97 Å². The minimum absolute atomic E-state index is 0.683. The number of nitrogens with one attached hydrogen (secondary N) is 1. The number of rotatable bonds is 7. The zero-order valence-corrected chi connectivity index (χ0v) is 11.6. The molecule has 0 bridgehead atoms. The smallest absolute Gasteiger partial charge is 0.107 e. The topological polar surface area (TPSA) is 52.5 Å². The van der Waals surface area contributed by atoms with Crippen LogP contribution in [-0.2, 0) is 6.42 Å². The van der Waals surface area contributed by atoms with Gasteiger partial charge in [0.05, 0.1) is 22.7 Å². The number of nitrogens with zero attached hydrogens (tertiary/aromatic N) is 2. The average molecular weight is 255 g/mol. The fourth-order valence-electron chi connectivity index (χ4n) is 2.32. The van der Waals surface area contributed by atoms with E-state index in [1.54, 1.807) is 0 Å². The van der Waals surface area contributed by atoms with E-state index < -0.39 is 0 Å². The predicted molar refractivity (Wildman–Crippen MR) is 77.9 cm³/mol. The number of aryl methyl sites for hydroxylation is 1. The second-order valence-corrected chi connectivity index (χ2v) is 5.04. The molecule has 0 amide bonds. The quantitative estimate of drug-likeness (QED) is 0.748. The molecule has 0 aliphatic heterocycles.